The van der Waals surface area contributed by atoms with Gasteiger partial charge < -0.3 is 0 Å². The monoisotopic (exact) mass is 215 g/mol. The molecule has 5 nitrogen and oxygen atoms in total. The second-order valence-electron chi connectivity index (χ2n) is 3.19. The summed E-state index contributed by atoms with van der Waals surface area (Å²) in [7, 11) is 0. The fourth-order valence-electron chi connectivity index (χ4n) is 1.00. The number of rotatable bonds is 4. The summed E-state index contributed by atoms with van der Waals surface area (Å²) < 4.78 is 0. The topological polar surface area (TPSA) is 53.9 Å². The van der Waals surface area contributed by atoms with Gasteiger partial charge in [-0.2, -0.15) is 0 Å². The van der Waals surface area contributed by atoms with Gasteiger partial charge in [-0.15, -0.1) is 0 Å². The lowest BCUT2D eigenvalue weighted by Crippen LogP contribution is -2.50. The molecule has 0 atom stereocenters. The lowest BCUT2D eigenvalue weighted by atomic mass is 10.4. The number of hydrazine groups is 1. The summed E-state index contributed by atoms with van der Waals surface area (Å²) in [6, 6.07) is 0. The molecule has 1 heterocycles. The predicted molar refractivity (Wildman–Crippen MR) is 55.9 cm³/mol. The van der Waals surface area contributed by atoms with Crippen molar-refractivity contribution in [2.75, 3.05) is 11.6 Å². The van der Waals surface area contributed by atoms with Crippen LogP contribution in [0.1, 0.15) is 20.8 Å². The number of nitrogens with zero attached hydrogens (tertiary/aromatic N) is 4. The Morgan fingerprint density at radius 1 is 1.43 bits per heavy atom. The molecule has 14 heavy (non-hydrogen) atoms. The first-order valence-electron chi connectivity index (χ1n) is 4.40. The molecule has 0 bridgehead atoms. The van der Waals surface area contributed by atoms with E-state index in [-0.39, 0.29) is 0 Å². The second-order valence-corrected chi connectivity index (χ2v) is 4.12. The third-order valence-electron chi connectivity index (χ3n) is 1.53. The van der Waals surface area contributed by atoms with E-state index in [2.05, 4.69) is 20.4 Å². The van der Waals surface area contributed by atoms with Gasteiger partial charge in [-0.05, 0) is 13.8 Å². The lowest BCUT2D eigenvalue weighted by molar-refractivity contribution is 0.519. The van der Waals surface area contributed by atoms with Gasteiger partial charge in [-0.1, -0.05) is 18.5 Å². The Morgan fingerprint density at radius 3 is 2.43 bits per heavy atom. The maximum atomic E-state index is 6.18. The van der Waals surface area contributed by atoms with Crippen molar-refractivity contribution in [3.8, 4) is 0 Å². The Kier molecular flexibility index (Phi) is 3.60. The van der Waals surface area contributed by atoms with Gasteiger partial charge in [0.2, 0.25) is 5.95 Å². The average molecular weight is 216 g/mol. The van der Waals surface area contributed by atoms with E-state index < -0.39 is 5.00 Å². The normalized spacial score (nSPS) is 11.4. The van der Waals surface area contributed by atoms with E-state index in [0.717, 1.165) is 6.54 Å². The van der Waals surface area contributed by atoms with E-state index in [1.807, 2.05) is 20.8 Å². The van der Waals surface area contributed by atoms with Gasteiger partial charge in [-0.3, -0.25) is 5.01 Å². The highest BCUT2D eigenvalue weighted by atomic mass is 35.5. The fraction of sp³-hybridized carbons (Fsp3) is 0.625. The third kappa shape index (κ3) is 2.78. The maximum Gasteiger partial charge on any atom is 0.244 e. The number of alkyl halides is 1. The highest BCUT2D eigenvalue weighted by Gasteiger charge is 2.25. The number of hydrogen-bond donors (Lipinski definition) is 1. The first kappa shape index (κ1) is 11.1. The Hall–Kier alpha value is -0.940. The number of anilines is 1. The van der Waals surface area contributed by atoms with Crippen LogP contribution in [-0.4, -0.2) is 26.5 Å². The smallest absolute Gasteiger partial charge is 0.244 e. The molecular weight excluding hydrogens is 202 g/mol. The zero-order valence-electron chi connectivity index (χ0n) is 8.53. The van der Waals surface area contributed by atoms with Crippen LogP contribution < -0.4 is 10.4 Å². The molecule has 1 aromatic heterocycles. The molecule has 1 rings (SSSR count). The largest absolute Gasteiger partial charge is 0.255 e. The first-order valence-corrected chi connectivity index (χ1v) is 4.78. The van der Waals surface area contributed by atoms with Crippen molar-refractivity contribution in [1.82, 2.24) is 20.4 Å². The van der Waals surface area contributed by atoms with E-state index in [4.69, 9.17) is 11.6 Å². The standard InChI is InChI=1S/C8H14ClN5/c1-4-13-14(8(2,3)9)7-11-5-10-6-12-7/h5-6,13H,4H2,1-3H3. The maximum absolute atomic E-state index is 6.18. The Morgan fingerprint density at radius 2 is 2.00 bits per heavy atom. The zero-order valence-corrected chi connectivity index (χ0v) is 9.28. The molecule has 0 spiro atoms. The number of hydrogen-bond acceptors (Lipinski definition) is 5. The number of nitrogens with one attached hydrogen (secondary N) is 1. The van der Waals surface area contributed by atoms with E-state index in [9.17, 15) is 0 Å². The van der Waals surface area contributed by atoms with Gasteiger partial charge in [0.15, 0.2) is 0 Å². The van der Waals surface area contributed by atoms with Gasteiger partial charge in [-0.25, -0.2) is 20.4 Å². The summed E-state index contributed by atoms with van der Waals surface area (Å²) in [4.78, 5) is 11.2. The lowest BCUT2D eigenvalue weighted by Gasteiger charge is -2.32. The molecule has 0 aliphatic carbocycles. The van der Waals surface area contributed by atoms with Crippen molar-refractivity contribution in [1.29, 1.82) is 0 Å². The summed E-state index contributed by atoms with van der Waals surface area (Å²) in [5.41, 5.74) is 3.09. The average Bonchev–Trinajstić information content (AvgIpc) is 2.14. The summed E-state index contributed by atoms with van der Waals surface area (Å²) in [5.74, 6) is 0.516. The first-order chi connectivity index (χ1) is 6.55. The molecule has 6 heteroatoms. The summed E-state index contributed by atoms with van der Waals surface area (Å²) in [5, 5.41) is 1.70. The van der Waals surface area contributed by atoms with Gasteiger partial charge in [0.05, 0.1) is 0 Å². The minimum absolute atomic E-state index is 0.516. The Labute approximate surface area is 88.5 Å². The van der Waals surface area contributed by atoms with Crippen LogP contribution in [0, 0.1) is 0 Å². The number of halogens is 1. The third-order valence-corrected chi connectivity index (χ3v) is 1.70. The predicted octanol–water partition coefficient (Wildman–Crippen LogP) is 1.18. The summed E-state index contributed by atoms with van der Waals surface area (Å²) in [6.45, 7) is 6.46. The van der Waals surface area contributed by atoms with E-state index in [1.54, 1.807) is 5.01 Å². The minimum Gasteiger partial charge on any atom is -0.255 e. The molecule has 1 aromatic rings. The van der Waals surface area contributed by atoms with Crippen molar-refractivity contribution in [2.24, 2.45) is 0 Å². The van der Waals surface area contributed by atoms with Crippen molar-refractivity contribution >= 4 is 17.5 Å². The van der Waals surface area contributed by atoms with Crippen LogP contribution in [0.25, 0.3) is 0 Å². The highest BCUT2D eigenvalue weighted by molar-refractivity contribution is 6.24. The molecule has 0 saturated heterocycles. The summed E-state index contributed by atoms with van der Waals surface area (Å²) in [6.07, 6.45) is 2.88. The minimum atomic E-state index is -0.586. The molecular formula is C8H14ClN5. The SMILES string of the molecule is CCNN(c1ncncn1)C(C)(C)Cl. The highest BCUT2D eigenvalue weighted by Crippen LogP contribution is 2.20. The molecule has 1 N–H and O–H groups in total. The van der Waals surface area contributed by atoms with Gasteiger partial charge in [0.1, 0.15) is 17.7 Å². The molecule has 0 aliphatic rings. The van der Waals surface area contributed by atoms with E-state index >= 15 is 0 Å². The van der Waals surface area contributed by atoms with Crippen molar-refractivity contribution < 1.29 is 0 Å². The molecule has 0 fully saturated rings. The number of aromatic nitrogens is 3. The molecule has 0 radical (unpaired) electrons. The van der Waals surface area contributed by atoms with Crippen molar-refractivity contribution in [2.45, 2.75) is 25.8 Å². The molecule has 0 saturated carbocycles. The van der Waals surface area contributed by atoms with Crippen molar-refractivity contribution in [3.63, 3.8) is 0 Å². The van der Waals surface area contributed by atoms with Gasteiger partial charge >= 0.3 is 0 Å². The van der Waals surface area contributed by atoms with E-state index in [0.29, 0.717) is 5.95 Å². The van der Waals surface area contributed by atoms with E-state index in [1.165, 1.54) is 12.7 Å². The molecule has 0 aliphatic heterocycles. The molecule has 0 unspecified atom stereocenters. The molecule has 0 amide bonds. The molecule has 0 aromatic carbocycles. The summed E-state index contributed by atoms with van der Waals surface area (Å²) >= 11 is 6.18. The zero-order chi connectivity index (χ0) is 10.6. The van der Waals surface area contributed by atoms with Crippen LogP contribution >= 0.6 is 11.6 Å². The van der Waals surface area contributed by atoms with Crippen LogP contribution in [0.4, 0.5) is 5.95 Å². The van der Waals surface area contributed by atoms with Gasteiger partial charge in [0.25, 0.3) is 0 Å². The van der Waals surface area contributed by atoms with Crippen LogP contribution in [0.3, 0.4) is 0 Å². The van der Waals surface area contributed by atoms with Crippen LogP contribution in [0.2, 0.25) is 0 Å². The van der Waals surface area contributed by atoms with Gasteiger partial charge in [0, 0.05) is 6.54 Å². The Bertz CT molecular complexity index is 271. The Balaban J connectivity index is 2.89. The van der Waals surface area contributed by atoms with Crippen LogP contribution in [-0.2, 0) is 0 Å². The fourth-order valence-corrected chi connectivity index (χ4v) is 1.14. The molecule has 78 valence electrons. The second kappa shape index (κ2) is 4.52. The van der Waals surface area contributed by atoms with Crippen LogP contribution in [0.5, 0.6) is 0 Å². The van der Waals surface area contributed by atoms with Crippen molar-refractivity contribution in [3.05, 3.63) is 12.7 Å². The van der Waals surface area contributed by atoms with Crippen LogP contribution in [0.15, 0.2) is 12.7 Å². The quantitative estimate of drug-likeness (QED) is 0.464.